The molecule has 0 aliphatic carbocycles. The number of ether oxygens (including phenoxy) is 2. The lowest BCUT2D eigenvalue weighted by atomic mass is 10.1. The summed E-state index contributed by atoms with van der Waals surface area (Å²) in [4.78, 5) is 0. The molecule has 1 atom stereocenters. The molecular formula is C15H24FNO3. The van der Waals surface area contributed by atoms with Gasteiger partial charge >= 0.3 is 0 Å². The maximum Gasteiger partial charge on any atom is 0.124 e. The Morgan fingerprint density at radius 1 is 1.30 bits per heavy atom. The lowest BCUT2D eigenvalue weighted by Crippen LogP contribution is -2.24. The first-order valence-electron chi connectivity index (χ1n) is 6.82. The fourth-order valence-corrected chi connectivity index (χ4v) is 1.75. The fraction of sp³-hybridized carbons (Fsp3) is 0.600. The van der Waals surface area contributed by atoms with Crippen LogP contribution in [0.15, 0.2) is 18.2 Å². The van der Waals surface area contributed by atoms with Crippen molar-refractivity contribution in [2.75, 3.05) is 26.9 Å². The van der Waals surface area contributed by atoms with Gasteiger partial charge in [-0.05, 0) is 30.7 Å². The smallest absolute Gasteiger partial charge is 0.124 e. The van der Waals surface area contributed by atoms with E-state index in [0.717, 1.165) is 12.1 Å². The molecule has 0 aliphatic rings. The van der Waals surface area contributed by atoms with Crippen molar-refractivity contribution in [3.63, 3.8) is 0 Å². The van der Waals surface area contributed by atoms with E-state index in [-0.39, 0.29) is 19.0 Å². The molecule has 4 nitrogen and oxygen atoms in total. The second kappa shape index (κ2) is 8.89. The van der Waals surface area contributed by atoms with E-state index in [1.54, 1.807) is 6.07 Å². The molecule has 1 aromatic rings. The topological polar surface area (TPSA) is 50.7 Å². The van der Waals surface area contributed by atoms with Crippen LogP contribution in [0.1, 0.15) is 19.4 Å². The van der Waals surface area contributed by atoms with Gasteiger partial charge in [-0.15, -0.1) is 0 Å². The Hall–Kier alpha value is -1.17. The van der Waals surface area contributed by atoms with Gasteiger partial charge in [-0.1, -0.05) is 13.8 Å². The second-order valence-corrected chi connectivity index (χ2v) is 5.20. The third-order valence-electron chi connectivity index (χ3n) is 2.68. The van der Waals surface area contributed by atoms with Gasteiger partial charge in [-0.25, -0.2) is 4.39 Å². The van der Waals surface area contributed by atoms with Crippen LogP contribution in [0.2, 0.25) is 0 Å². The highest BCUT2D eigenvalue weighted by Crippen LogP contribution is 2.20. The lowest BCUT2D eigenvalue weighted by Gasteiger charge is -2.15. The molecule has 0 aliphatic heterocycles. The molecule has 0 fully saturated rings. The summed E-state index contributed by atoms with van der Waals surface area (Å²) in [6.45, 7) is 5.93. The largest absolute Gasteiger partial charge is 0.490 e. The number of methoxy groups -OCH3 is 1. The molecule has 0 saturated heterocycles. The van der Waals surface area contributed by atoms with Crippen molar-refractivity contribution in [3.8, 4) is 5.75 Å². The molecule has 5 heteroatoms. The van der Waals surface area contributed by atoms with Gasteiger partial charge in [0, 0.05) is 19.2 Å². The van der Waals surface area contributed by atoms with Gasteiger partial charge in [0.25, 0.3) is 0 Å². The average molecular weight is 285 g/mol. The lowest BCUT2D eigenvalue weighted by molar-refractivity contribution is 0.0323. The van der Waals surface area contributed by atoms with Crippen molar-refractivity contribution in [1.29, 1.82) is 0 Å². The van der Waals surface area contributed by atoms with Crippen molar-refractivity contribution < 1.29 is 19.0 Å². The molecule has 114 valence electrons. The zero-order chi connectivity index (χ0) is 15.0. The van der Waals surface area contributed by atoms with Gasteiger partial charge in [0.1, 0.15) is 24.3 Å². The Labute approximate surface area is 119 Å². The molecule has 20 heavy (non-hydrogen) atoms. The number of aliphatic hydroxyl groups is 1. The van der Waals surface area contributed by atoms with Crippen LogP contribution in [-0.4, -0.2) is 38.1 Å². The summed E-state index contributed by atoms with van der Waals surface area (Å²) >= 11 is 0. The summed E-state index contributed by atoms with van der Waals surface area (Å²) in [5, 5.41) is 12.8. The highest BCUT2D eigenvalue weighted by molar-refractivity contribution is 5.34. The molecule has 0 heterocycles. The van der Waals surface area contributed by atoms with Crippen LogP contribution < -0.4 is 10.1 Å². The van der Waals surface area contributed by atoms with E-state index in [4.69, 9.17) is 9.47 Å². The van der Waals surface area contributed by atoms with Gasteiger partial charge in [-0.3, -0.25) is 0 Å². The van der Waals surface area contributed by atoms with Crippen LogP contribution in [0.3, 0.4) is 0 Å². The Bertz CT molecular complexity index is 399. The van der Waals surface area contributed by atoms with E-state index < -0.39 is 6.10 Å². The minimum atomic E-state index is -0.693. The number of nitrogens with one attached hydrogen (secondary N) is 1. The Balaban J connectivity index is 2.59. The maximum absolute atomic E-state index is 13.3. The maximum atomic E-state index is 13.3. The molecular weight excluding hydrogens is 261 g/mol. The summed E-state index contributed by atoms with van der Waals surface area (Å²) in [5.74, 6) is 0.811. The predicted octanol–water partition coefficient (Wildman–Crippen LogP) is 1.96. The third kappa shape index (κ3) is 6.32. The zero-order valence-corrected chi connectivity index (χ0v) is 12.4. The van der Waals surface area contributed by atoms with E-state index in [2.05, 4.69) is 19.2 Å². The SMILES string of the molecule is COCC(O)COc1ccc(F)cc1CNCC(C)C. The van der Waals surface area contributed by atoms with E-state index in [9.17, 15) is 9.50 Å². The quantitative estimate of drug-likeness (QED) is 0.728. The van der Waals surface area contributed by atoms with E-state index >= 15 is 0 Å². The van der Waals surface area contributed by atoms with E-state index in [0.29, 0.717) is 18.2 Å². The van der Waals surface area contributed by atoms with Crippen molar-refractivity contribution in [2.24, 2.45) is 5.92 Å². The number of hydrogen-bond acceptors (Lipinski definition) is 4. The molecule has 1 rings (SSSR count). The van der Waals surface area contributed by atoms with Gasteiger partial charge in [0.2, 0.25) is 0 Å². The summed E-state index contributed by atoms with van der Waals surface area (Å²) in [5.41, 5.74) is 0.746. The molecule has 1 aromatic carbocycles. The number of aliphatic hydroxyl groups excluding tert-OH is 1. The predicted molar refractivity (Wildman–Crippen MR) is 76.3 cm³/mol. The number of halogens is 1. The van der Waals surface area contributed by atoms with Gasteiger partial charge in [0.05, 0.1) is 6.61 Å². The van der Waals surface area contributed by atoms with Crippen molar-refractivity contribution >= 4 is 0 Å². The van der Waals surface area contributed by atoms with Crippen LogP contribution in [0.5, 0.6) is 5.75 Å². The summed E-state index contributed by atoms with van der Waals surface area (Å²) in [6, 6.07) is 4.39. The molecule has 2 N–H and O–H groups in total. The van der Waals surface area contributed by atoms with Crippen LogP contribution in [0.25, 0.3) is 0 Å². The molecule has 0 bridgehead atoms. The Morgan fingerprint density at radius 2 is 2.05 bits per heavy atom. The summed E-state index contributed by atoms with van der Waals surface area (Å²) in [6.07, 6.45) is -0.693. The van der Waals surface area contributed by atoms with Crippen molar-refractivity contribution in [1.82, 2.24) is 5.32 Å². The normalized spacial score (nSPS) is 12.7. The van der Waals surface area contributed by atoms with Gasteiger partial charge in [0.15, 0.2) is 0 Å². The number of rotatable bonds is 9. The standard InChI is InChI=1S/C15H24FNO3/c1-11(2)7-17-8-12-6-13(16)4-5-15(12)20-10-14(18)9-19-3/h4-6,11,14,17-18H,7-10H2,1-3H3. The highest BCUT2D eigenvalue weighted by atomic mass is 19.1. The first kappa shape index (κ1) is 16.9. The van der Waals surface area contributed by atoms with Crippen LogP contribution in [0, 0.1) is 11.7 Å². The van der Waals surface area contributed by atoms with Crippen molar-refractivity contribution in [2.45, 2.75) is 26.5 Å². The van der Waals surface area contributed by atoms with E-state index in [1.807, 2.05) is 0 Å². The minimum absolute atomic E-state index is 0.122. The van der Waals surface area contributed by atoms with Crippen LogP contribution in [-0.2, 0) is 11.3 Å². The fourth-order valence-electron chi connectivity index (χ4n) is 1.75. The van der Waals surface area contributed by atoms with Gasteiger partial charge in [-0.2, -0.15) is 0 Å². The van der Waals surface area contributed by atoms with Crippen LogP contribution in [0.4, 0.5) is 4.39 Å². The average Bonchev–Trinajstić information content (AvgIpc) is 2.37. The molecule has 0 amide bonds. The first-order valence-corrected chi connectivity index (χ1v) is 6.82. The molecule has 0 spiro atoms. The number of hydrogen-bond donors (Lipinski definition) is 2. The first-order chi connectivity index (χ1) is 9.52. The Kier molecular flexibility index (Phi) is 7.51. The third-order valence-corrected chi connectivity index (χ3v) is 2.68. The van der Waals surface area contributed by atoms with E-state index in [1.165, 1.54) is 19.2 Å². The molecule has 0 radical (unpaired) electrons. The van der Waals surface area contributed by atoms with Crippen LogP contribution >= 0.6 is 0 Å². The summed E-state index contributed by atoms with van der Waals surface area (Å²) in [7, 11) is 1.52. The number of benzene rings is 1. The molecule has 0 aromatic heterocycles. The molecule has 0 saturated carbocycles. The summed E-state index contributed by atoms with van der Waals surface area (Å²) < 4.78 is 23.7. The second-order valence-electron chi connectivity index (χ2n) is 5.20. The van der Waals surface area contributed by atoms with Crippen molar-refractivity contribution in [3.05, 3.63) is 29.6 Å². The minimum Gasteiger partial charge on any atom is -0.490 e. The van der Waals surface area contributed by atoms with Gasteiger partial charge < -0.3 is 19.9 Å². The molecule has 1 unspecified atom stereocenters. The highest BCUT2D eigenvalue weighted by Gasteiger charge is 2.09. The monoisotopic (exact) mass is 285 g/mol. The zero-order valence-electron chi connectivity index (χ0n) is 12.4. The Morgan fingerprint density at radius 3 is 2.70 bits per heavy atom.